The van der Waals surface area contributed by atoms with Crippen LogP contribution in [0.3, 0.4) is 0 Å². The first-order chi connectivity index (χ1) is 31.6. The lowest BCUT2D eigenvalue weighted by Crippen LogP contribution is -2.30. The van der Waals surface area contributed by atoms with Gasteiger partial charge in [0.2, 0.25) is 0 Å². The van der Waals surface area contributed by atoms with Gasteiger partial charge in [0.15, 0.2) is 6.10 Å². The molecule has 0 aliphatic rings. The molecule has 0 spiro atoms. The number of carbonyl (C=O) groups excluding carboxylic acids is 2. The van der Waals surface area contributed by atoms with Crippen LogP contribution in [0.1, 0.15) is 316 Å². The van der Waals surface area contributed by atoms with Gasteiger partial charge in [0.25, 0.3) is 0 Å². The van der Waals surface area contributed by atoms with Gasteiger partial charge in [-0.25, -0.2) is 0 Å². The zero-order valence-corrected chi connectivity index (χ0v) is 43.6. The number of hydrogen-bond acceptors (Lipinski definition) is 5. The normalized spacial score (nSPS) is 12.2. The van der Waals surface area contributed by atoms with Gasteiger partial charge >= 0.3 is 11.9 Å². The van der Waals surface area contributed by atoms with Crippen molar-refractivity contribution in [3.8, 4) is 0 Å². The Labute approximate surface area is 400 Å². The second-order valence-electron chi connectivity index (χ2n) is 19.6. The van der Waals surface area contributed by atoms with Crippen molar-refractivity contribution in [3.05, 3.63) is 24.3 Å². The molecule has 0 N–H and O–H groups in total. The molecule has 0 amide bonds. The Morgan fingerprint density at radius 3 is 1.06 bits per heavy atom. The van der Waals surface area contributed by atoms with E-state index < -0.39 is 6.10 Å². The van der Waals surface area contributed by atoms with Gasteiger partial charge in [0.1, 0.15) is 6.61 Å². The Morgan fingerprint density at radius 2 is 0.656 bits per heavy atom. The summed E-state index contributed by atoms with van der Waals surface area (Å²) in [5, 5.41) is 0. The van der Waals surface area contributed by atoms with Gasteiger partial charge in [0.05, 0.1) is 6.61 Å². The lowest BCUT2D eigenvalue weighted by Gasteiger charge is -2.18. The van der Waals surface area contributed by atoms with E-state index in [4.69, 9.17) is 14.2 Å². The Hall–Kier alpha value is -1.62. The van der Waals surface area contributed by atoms with Crippen LogP contribution in [0.15, 0.2) is 24.3 Å². The van der Waals surface area contributed by atoms with Gasteiger partial charge in [-0.15, -0.1) is 0 Å². The number of carbonyl (C=O) groups is 2. The third-order valence-corrected chi connectivity index (χ3v) is 13.0. The highest BCUT2D eigenvalue weighted by molar-refractivity contribution is 5.70. The minimum atomic E-state index is -0.532. The minimum absolute atomic E-state index is 0.0893. The highest BCUT2D eigenvalue weighted by Gasteiger charge is 2.17. The summed E-state index contributed by atoms with van der Waals surface area (Å²) in [5.74, 6) is -0.382. The molecule has 0 fully saturated rings. The van der Waals surface area contributed by atoms with Crippen LogP contribution in [0.2, 0.25) is 0 Å². The predicted molar refractivity (Wildman–Crippen MR) is 279 cm³/mol. The Morgan fingerprint density at radius 1 is 0.344 bits per heavy atom. The monoisotopic (exact) mass is 901 g/mol. The van der Waals surface area contributed by atoms with Crippen molar-refractivity contribution in [2.45, 2.75) is 322 Å². The second kappa shape index (κ2) is 55.7. The largest absolute Gasteiger partial charge is 0.462 e. The van der Waals surface area contributed by atoms with Crippen LogP contribution in [0, 0.1) is 0 Å². The van der Waals surface area contributed by atoms with E-state index in [1.54, 1.807) is 0 Å². The first-order valence-corrected chi connectivity index (χ1v) is 28.9. The smallest absolute Gasteiger partial charge is 0.306 e. The third kappa shape index (κ3) is 53.0. The average Bonchev–Trinajstić information content (AvgIpc) is 3.30. The maximum atomic E-state index is 12.9. The molecule has 5 heteroatoms. The summed E-state index contributed by atoms with van der Waals surface area (Å²) in [6.45, 7) is 7.87. The van der Waals surface area contributed by atoms with Crippen LogP contribution < -0.4 is 0 Å². The van der Waals surface area contributed by atoms with Gasteiger partial charge in [-0.1, -0.05) is 276 Å². The summed E-state index contributed by atoms with van der Waals surface area (Å²) < 4.78 is 17.5. The number of allylic oxidation sites excluding steroid dienone is 4. The summed E-state index contributed by atoms with van der Waals surface area (Å²) in [5.41, 5.74) is 0. The number of hydrogen-bond donors (Lipinski definition) is 0. The zero-order chi connectivity index (χ0) is 46.3. The van der Waals surface area contributed by atoms with Crippen molar-refractivity contribution in [2.24, 2.45) is 0 Å². The maximum Gasteiger partial charge on any atom is 0.306 e. The summed E-state index contributed by atoms with van der Waals surface area (Å²) >= 11 is 0. The molecule has 0 saturated heterocycles. The zero-order valence-electron chi connectivity index (χ0n) is 43.6. The molecule has 0 aromatic carbocycles. The highest BCUT2D eigenvalue weighted by atomic mass is 16.6. The van der Waals surface area contributed by atoms with Gasteiger partial charge in [-0.05, 0) is 51.4 Å². The Bertz CT molecular complexity index is 974. The summed E-state index contributed by atoms with van der Waals surface area (Å²) in [6.07, 6.45) is 66.2. The van der Waals surface area contributed by atoms with E-state index in [9.17, 15) is 9.59 Å². The predicted octanol–water partition coefficient (Wildman–Crippen LogP) is 19.6. The van der Waals surface area contributed by atoms with Gasteiger partial charge in [0, 0.05) is 19.4 Å². The molecule has 0 saturated carbocycles. The molecule has 378 valence electrons. The lowest BCUT2D eigenvalue weighted by molar-refractivity contribution is -0.163. The molecule has 1 unspecified atom stereocenters. The molecule has 0 bridgehead atoms. The molecule has 5 nitrogen and oxygen atoms in total. The van der Waals surface area contributed by atoms with Crippen molar-refractivity contribution >= 4 is 11.9 Å². The van der Waals surface area contributed by atoms with Crippen LogP contribution in [-0.2, 0) is 23.8 Å². The van der Waals surface area contributed by atoms with E-state index in [-0.39, 0.29) is 18.5 Å². The number of esters is 2. The third-order valence-electron chi connectivity index (χ3n) is 13.0. The summed E-state index contributed by atoms with van der Waals surface area (Å²) in [7, 11) is 0. The Balaban J connectivity index is 4.22. The Kier molecular flexibility index (Phi) is 54.3. The molecule has 0 aromatic heterocycles. The van der Waals surface area contributed by atoms with Gasteiger partial charge < -0.3 is 14.2 Å². The summed E-state index contributed by atoms with van der Waals surface area (Å²) in [4.78, 5) is 25.5. The lowest BCUT2D eigenvalue weighted by atomic mass is 10.0. The maximum absolute atomic E-state index is 12.9. The summed E-state index contributed by atoms with van der Waals surface area (Å²) in [6, 6.07) is 0. The second-order valence-corrected chi connectivity index (χ2v) is 19.6. The van der Waals surface area contributed by atoms with Crippen molar-refractivity contribution in [1.29, 1.82) is 0 Å². The molecule has 0 radical (unpaired) electrons. The molecule has 0 rings (SSSR count). The molecule has 1 atom stereocenters. The number of unbranched alkanes of at least 4 members (excludes halogenated alkanes) is 39. The minimum Gasteiger partial charge on any atom is -0.462 e. The fourth-order valence-corrected chi connectivity index (χ4v) is 8.66. The van der Waals surface area contributed by atoms with Crippen LogP contribution in [0.5, 0.6) is 0 Å². The van der Waals surface area contributed by atoms with E-state index in [1.165, 1.54) is 244 Å². The average molecular weight is 902 g/mol. The molecule has 64 heavy (non-hydrogen) atoms. The van der Waals surface area contributed by atoms with E-state index in [1.807, 2.05) is 0 Å². The first-order valence-electron chi connectivity index (χ1n) is 28.9. The van der Waals surface area contributed by atoms with E-state index in [0.717, 1.165) is 38.5 Å². The van der Waals surface area contributed by atoms with Crippen LogP contribution in [0.25, 0.3) is 0 Å². The molecule has 0 heterocycles. The van der Waals surface area contributed by atoms with E-state index in [0.29, 0.717) is 26.1 Å². The van der Waals surface area contributed by atoms with Crippen LogP contribution in [-0.4, -0.2) is 37.9 Å². The standard InChI is InChI=1S/C59H112O5/c1-4-7-10-13-16-19-22-25-28-30-32-34-37-40-43-46-49-52-58(60)63-56-57(55-62-54-51-48-45-42-39-36-27-24-21-18-15-12-9-6-3)64-59(61)53-50-47-44-41-38-35-33-31-29-26-23-20-17-14-11-8-5-2/h16,19,25,28,57H,4-15,17-18,20-24,26-27,29-56H2,1-3H3/b19-16-,28-25-. The van der Waals surface area contributed by atoms with Gasteiger partial charge in [-0.3, -0.25) is 9.59 Å². The SMILES string of the molecule is CCCCC/C=C\C/C=C\CCCCCCCCCC(=O)OCC(COCCCCCCCCCCCCCCCC)OC(=O)CCCCCCCCCCCCCCCCCCC. The van der Waals surface area contributed by atoms with E-state index >= 15 is 0 Å². The fraction of sp³-hybridized carbons (Fsp3) is 0.898. The van der Waals surface area contributed by atoms with Crippen molar-refractivity contribution in [3.63, 3.8) is 0 Å². The topological polar surface area (TPSA) is 61.8 Å². The molecule has 0 aliphatic carbocycles. The van der Waals surface area contributed by atoms with Crippen LogP contribution >= 0.6 is 0 Å². The van der Waals surface area contributed by atoms with E-state index in [2.05, 4.69) is 45.1 Å². The van der Waals surface area contributed by atoms with Crippen LogP contribution in [0.4, 0.5) is 0 Å². The number of ether oxygens (including phenoxy) is 3. The molecule has 0 aromatic rings. The number of rotatable bonds is 54. The molecule has 0 aliphatic heterocycles. The first kappa shape index (κ1) is 62.4. The van der Waals surface area contributed by atoms with Crippen molar-refractivity contribution < 1.29 is 23.8 Å². The van der Waals surface area contributed by atoms with Gasteiger partial charge in [-0.2, -0.15) is 0 Å². The van der Waals surface area contributed by atoms with Crippen molar-refractivity contribution in [1.82, 2.24) is 0 Å². The molecular formula is C59H112O5. The van der Waals surface area contributed by atoms with Crippen molar-refractivity contribution in [2.75, 3.05) is 19.8 Å². The quantitative estimate of drug-likeness (QED) is 0.0346. The fourth-order valence-electron chi connectivity index (χ4n) is 8.66. The molecular weight excluding hydrogens is 789 g/mol. The highest BCUT2D eigenvalue weighted by Crippen LogP contribution is 2.17.